The van der Waals surface area contributed by atoms with Crippen LogP contribution in [0.3, 0.4) is 0 Å². The summed E-state index contributed by atoms with van der Waals surface area (Å²) in [7, 11) is 0. The van der Waals surface area contributed by atoms with Crippen molar-refractivity contribution in [3.63, 3.8) is 0 Å². The standard InChI is InChI=1S/C15H14N2OS/c1-3-8-16-15-17-12-10-6-4-5-7-11(10)13(18)9(2)14(12)19-15/h3-7,18H,1,8H2,2H3,(H,16,17). The molecule has 3 aromatic rings. The number of hydrogen-bond acceptors (Lipinski definition) is 4. The summed E-state index contributed by atoms with van der Waals surface area (Å²) in [6.07, 6.45) is 1.80. The molecular formula is C15H14N2OS. The number of phenolic OH excluding ortho intramolecular Hbond substituents is 1. The molecule has 0 bridgehead atoms. The first-order valence-electron chi connectivity index (χ1n) is 6.08. The number of aryl methyl sites for hydroxylation is 1. The van der Waals surface area contributed by atoms with E-state index in [2.05, 4.69) is 16.9 Å². The molecule has 0 saturated heterocycles. The molecule has 0 unspecified atom stereocenters. The molecule has 0 atom stereocenters. The van der Waals surface area contributed by atoms with E-state index in [-0.39, 0.29) is 0 Å². The van der Waals surface area contributed by atoms with Crippen molar-refractivity contribution in [1.29, 1.82) is 0 Å². The predicted octanol–water partition coefficient (Wildman–Crippen LogP) is 4.06. The highest BCUT2D eigenvalue weighted by atomic mass is 32.1. The van der Waals surface area contributed by atoms with Crippen molar-refractivity contribution in [2.24, 2.45) is 0 Å². The summed E-state index contributed by atoms with van der Waals surface area (Å²) in [5.74, 6) is 0.349. The van der Waals surface area contributed by atoms with Crippen LogP contribution in [0.25, 0.3) is 21.0 Å². The second-order valence-electron chi connectivity index (χ2n) is 4.39. The van der Waals surface area contributed by atoms with Crippen molar-refractivity contribution >= 4 is 37.5 Å². The Bertz CT molecular complexity index is 777. The average molecular weight is 270 g/mol. The average Bonchev–Trinajstić information content (AvgIpc) is 2.87. The van der Waals surface area contributed by atoms with Gasteiger partial charge in [-0.3, -0.25) is 0 Å². The number of hydrogen-bond donors (Lipinski definition) is 2. The molecule has 0 radical (unpaired) electrons. The first-order valence-corrected chi connectivity index (χ1v) is 6.89. The molecule has 2 N–H and O–H groups in total. The number of aromatic nitrogens is 1. The van der Waals surface area contributed by atoms with Gasteiger partial charge < -0.3 is 10.4 Å². The van der Waals surface area contributed by atoms with E-state index in [0.717, 1.165) is 31.7 Å². The Morgan fingerprint density at radius 2 is 2.11 bits per heavy atom. The fourth-order valence-corrected chi connectivity index (χ4v) is 3.19. The fourth-order valence-electron chi connectivity index (χ4n) is 2.20. The molecular weight excluding hydrogens is 256 g/mol. The van der Waals surface area contributed by atoms with Crippen LogP contribution in [0.4, 0.5) is 5.13 Å². The summed E-state index contributed by atoms with van der Waals surface area (Å²) in [6.45, 7) is 6.30. The number of aromatic hydroxyl groups is 1. The van der Waals surface area contributed by atoms with Crippen LogP contribution in [0.2, 0.25) is 0 Å². The second kappa shape index (κ2) is 4.55. The SMILES string of the molecule is C=CCNc1nc2c(s1)c(C)c(O)c1ccccc12. The van der Waals surface area contributed by atoms with E-state index >= 15 is 0 Å². The molecule has 0 fully saturated rings. The molecule has 0 aliphatic heterocycles. The summed E-state index contributed by atoms with van der Waals surface area (Å²) >= 11 is 1.56. The van der Waals surface area contributed by atoms with Gasteiger partial charge in [-0.05, 0) is 6.92 Å². The number of phenols is 1. The maximum absolute atomic E-state index is 10.3. The summed E-state index contributed by atoms with van der Waals surface area (Å²) in [5, 5.41) is 16.2. The Kier molecular flexibility index (Phi) is 2.87. The zero-order chi connectivity index (χ0) is 13.4. The van der Waals surface area contributed by atoms with Crippen LogP contribution in [0, 0.1) is 6.92 Å². The van der Waals surface area contributed by atoms with Crippen molar-refractivity contribution in [3.05, 3.63) is 42.5 Å². The largest absolute Gasteiger partial charge is 0.507 e. The maximum atomic E-state index is 10.3. The Morgan fingerprint density at radius 1 is 1.37 bits per heavy atom. The minimum absolute atomic E-state index is 0.349. The number of thiazole rings is 1. The normalized spacial score (nSPS) is 11.0. The first-order chi connectivity index (χ1) is 9.22. The number of fused-ring (bicyclic) bond motifs is 3. The van der Waals surface area contributed by atoms with E-state index in [1.165, 1.54) is 0 Å². The van der Waals surface area contributed by atoms with Crippen LogP contribution < -0.4 is 5.32 Å². The lowest BCUT2D eigenvalue weighted by Gasteiger charge is -2.05. The highest BCUT2D eigenvalue weighted by Gasteiger charge is 2.14. The fraction of sp³-hybridized carbons (Fsp3) is 0.133. The lowest BCUT2D eigenvalue weighted by Crippen LogP contribution is -1.95. The van der Waals surface area contributed by atoms with Gasteiger partial charge in [0, 0.05) is 22.9 Å². The van der Waals surface area contributed by atoms with E-state index in [4.69, 9.17) is 0 Å². The number of nitrogens with one attached hydrogen (secondary N) is 1. The van der Waals surface area contributed by atoms with Crippen molar-refractivity contribution < 1.29 is 5.11 Å². The third-order valence-electron chi connectivity index (χ3n) is 3.16. The minimum Gasteiger partial charge on any atom is -0.507 e. The van der Waals surface area contributed by atoms with Crippen molar-refractivity contribution in [2.45, 2.75) is 6.92 Å². The maximum Gasteiger partial charge on any atom is 0.184 e. The highest BCUT2D eigenvalue weighted by molar-refractivity contribution is 7.22. The molecule has 4 heteroatoms. The van der Waals surface area contributed by atoms with Gasteiger partial charge in [-0.25, -0.2) is 4.98 Å². The Labute approximate surface area is 115 Å². The lowest BCUT2D eigenvalue weighted by atomic mass is 10.0. The highest BCUT2D eigenvalue weighted by Crippen LogP contribution is 2.40. The van der Waals surface area contributed by atoms with Crippen LogP contribution in [0.5, 0.6) is 5.75 Å². The second-order valence-corrected chi connectivity index (χ2v) is 5.38. The van der Waals surface area contributed by atoms with Crippen LogP contribution in [-0.2, 0) is 0 Å². The summed E-state index contributed by atoms with van der Waals surface area (Å²) in [5.41, 5.74) is 1.83. The van der Waals surface area contributed by atoms with Gasteiger partial charge in [-0.15, -0.1) is 6.58 Å². The van der Waals surface area contributed by atoms with Gasteiger partial charge in [-0.1, -0.05) is 41.7 Å². The van der Waals surface area contributed by atoms with E-state index in [1.54, 1.807) is 17.4 Å². The molecule has 0 amide bonds. The molecule has 2 aromatic carbocycles. The molecule has 1 aromatic heterocycles. The molecule has 0 aliphatic rings. The van der Waals surface area contributed by atoms with E-state index in [0.29, 0.717) is 12.3 Å². The van der Waals surface area contributed by atoms with Crippen LogP contribution in [0.1, 0.15) is 5.56 Å². The van der Waals surface area contributed by atoms with E-state index < -0.39 is 0 Å². The van der Waals surface area contributed by atoms with Crippen LogP contribution >= 0.6 is 11.3 Å². The number of rotatable bonds is 3. The zero-order valence-corrected chi connectivity index (χ0v) is 11.4. The van der Waals surface area contributed by atoms with Gasteiger partial charge in [-0.2, -0.15) is 0 Å². The summed E-state index contributed by atoms with van der Waals surface area (Å²) < 4.78 is 1.03. The Balaban J connectivity index is 2.33. The van der Waals surface area contributed by atoms with Crippen molar-refractivity contribution in [1.82, 2.24) is 4.98 Å². The molecule has 3 nitrogen and oxygen atoms in total. The van der Waals surface area contributed by atoms with Gasteiger partial charge in [0.05, 0.1) is 10.2 Å². The predicted molar refractivity (Wildman–Crippen MR) is 82.2 cm³/mol. The van der Waals surface area contributed by atoms with Gasteiger partial charge in [0.1, 0.15) is 5.75 Å². The monoisotopic (exact) mass is 270 g/mol. The molecule has 96 valence electrons. The van der Waals surface area contributed by atoms with Crippen LogP contribution in [0.15, 0.2) is 36.9 Å². The van der Waals surface area contributed by atoms with Crippen molar-refractivity contribution in [3.8, 4) is 5.75 Å². The number of benzene rings is 2. The van der Waals surface area contributed by atoms with Crippen molar-refractivity contribution in [2.75, 3.05) is 11.9 Å². The van der Waals surface area contributed by atoms with Crippen LogP contribution in [-0.4, -0.2) is 16.6 Å². The smallest absolute Gasteiger partial charge is 0.184 e. The van der Waals surface area contributed by atoms with E-state index in [1.807, 2.05) is 31.2 Å². The minimum atomic E-state index is 0.349. The van der Waals surface area contributed by atoms with Gasteiger partial charge in [0.25, 0.3) is 0 Å². The number of nitrogens with zero attached hydrogens (tertiary/aromatic N) is 1. The molecule has 3 rings (SSSR count). The van der Waals surface area contributed by atoms with Gasteiger partial charge in [0.2, 0.25) is 0 Å². The van der Waals surface area contributed by atoms with Gasteiger partial charge >= 0.3 is 0 Å². The quantitative estimate of drug-likeness (QED) is 0.705. The Hall–Kier alpha value is -2.07. The molecule has 1 heterocycles. The van der Waals surface area contributed by atoms with E-state index in [9.17, 15) is 5.11 Å². The molecule has 19 heavy (non-hydrogen) atoms. The topological polar surface area (TPSA) is 45.2 Å². The summed E-state index contributed by atoms with van der Waals surface area (Å²) in [6, 6.07) is 7.81. The third-order valence-corrected chi connectivity index (χ3v) is 4.29. The first kappa shape index (κ1) is 12.0. The zero-order valence-electron chi connectivity index (χ0n) is 10.6. The number of anilines is 1. The molecule has 0 spiro atoms. The lowest BCUT2D eigenvalue weighted by molar-refractivity contribution is 0.478. The Morgan fingerprint density at radius 3 is 2.84 bits per heavy atom. The third kappa shape index (κ3) is 1.85. The van der Waals surface area contributed by atoms with Gasteiger partial charge in [0.15, 0.2) is 5.13 Å². The summed E-state index contributed by atoms with van der Waals surface area (Å²) in [4.78, 5) is 4.63. The molecule has 0 aliphatic carbocycles. The molecule has 0 saturated carbocycles.